The zero-order valence-corrected chi connectivity index (χ0v) is 13.4. The molecule has 1 rings (SSSR count). The Morgan fingerprint density at radius 1 is 1.40 bits per heavy atom. The molecule has 0 saturated carbocycles. The number of allylic oxidation sites excluding steroid dienone is 2. The summed E-state index contributed by atoms with van der Waals surface area (Å²) in [5.41, 5.74) is 2.17. The fourth-order valence-corrected chi connectivity index (χ4v) is 2.22. The molecule has 0 unspecified atom stereocenters. The number of rotatable bonds is 8. The van der Waals surface area contributed by atoms with Gasteiger partial charge < -0.3 is 0 Å². The standard InChI is InChI=1S/C16H23N3S/c1-6-7-13(2)10-16(3,4)8-9-17-14-11-18-15(20-5)19-12-14/h6,9,11-12H,1-2,7-8,10H2,3-5H3/b17-9+. The molecular weight excluding hydrogens is 266 g/mol. The minimum atomic E-state index is 0.156. The van der Waals surface area contributed by atoms with Crippen LogP contribution < -0.4 is 0 Å². The molecule has 0 aliphatic rings. The quantitative estimate of drug-likeness (QED) is 0.297. The van der Waals surface area contributed by atoms with Crippen molar-refractivity contribution >= 4 is 23.7 Å². The highest BCUT2D eigenvalue weighted by molar-refractivity contribution is 7.98. The van der Waals surface area contributed by atoms with E-state index in [-0.39, 0.29) is 5.41 Å². The van der Waals surface area contributed by atoms with Crippen LogP contribution in [0.2, 0.25) is 0 Å². The first-order valence-corrected chi connectivity index (χ1v) is 7.85. The SMILES string of the molecule is C=CCC(=C)CC(C)(C)C/C=N/c1cnc(SC)nc1. The Morgan fingerprint density at radius 2 is 2.05 bits per heavy atom. The molecule has 0 aliphatic heterocycles. The number of thioether (sulfide) groups is 1. The predicted molar refractivity (Wildman–Crippen MR) is 88.9 cm³/mol. The lowest BCUT2D eigenvalue weighted by atomic mass is 9.82. The van der Waals surface area contributed by atoms with Crippen molar-refractivity contribution in [1.82, 2.24) is 9.97 Å². The van der Waals surface area contributed by atoms with Gasteiger partial charge in [-0.1, -0.05) is 43.8 Å². The molecule has 1 aromatic heterocycles. The summed E-state index contributed by atoms with van der Waals surface area (Å²) < 4.78 is 0. The molecular formula is C16H23N3S. The second-order valence-electron chi connectivity index (χ2n) is 5.53. The Balaban J connectivity index is 2.53. The van der Waals surface area contributed by atoms with Crippen LogP contribution in [0.25, 0.3) is 0 Å². The molecule has 0 bridgehead atoms. The van der Waals surface area contributed by atoms with Gasteiger partial charge in [0.05, 0.1) is 18.1 Å². The van der Waals surface area contributed by atoms with Crippen molar-refractivity contribution in [2.24, 2.45) is 10.4 Å². The number of hydrogen-bond donors (Lipinski definition) is 0. The third-order valence-electron chi connectivity index (χ3n) is 2.84. The second kappa shape index (κ2) is 8.00. The molecule has 0 saturated heterocycles. The van der Waals surface area contributed by atoms with Gasteiger partial charge >= 0.3 is 0 Å². The Labute approximate surface area is 126 Å². The first kappa shape index (κ1) is 16.6. The van der Waals surface area contributed by atoms with Crippen LogP contribution in [0.3, 0.4) is 0 Å². The highest BCUT2D eigenvalue weighted by Crippen LogP contribution is 2.29. The minimum Gasteiger partial charge on any atom is -0.258 e. The van der Waals surface area contributed by atoms with E-state index < -0.39 is 0 Å². The summed E-state index contributed by atoms with van der Waals surface area (Å²) in [6.45, 7) is 12.3. The zero-order valence-electron chi connectivity index (χ0n) is 12.6. The van der Waals surface area contributed by atoms with E-state index in [1.165, 1.54) is 17.3 Å². The van der Waals surface area contributed by atoms with Crippen LogP contribution in [-0.4, -0.2) is 22.4 Å². The van der Waals surface area contributed by atoms with Crippen LogP contribution in [-0.2, 0) is 0 Å². The van der Waals surface area contributed by atoms with Gasteiger partial charge in [-0.05, 0) is 30.9 Å². The van der Waals surface area contributed by atoms with E-state index in [0.717, 1.165) is 30.1 Å². The molecule has 0 aliphatic carbocycles. The summed E-state index contributed by atoms with van der Waals surface area (Å²) in [4.78, 5) is 12.8. The Kier molecular flexibility index (Phi) is 6.65. The molecule has 20 heavy (non-hydrogen) atoms. The summed E-state index contributed by atoms with van der Waals surface area (Å²) in [5, 5.41) is 0.769. The average molecular weight is 289 g/mol. The summed E-state index contributed by atoms with van der Waals surface area (Å²) in [5.74, 6) is 0. The van der Waals surface area contributed by atoms with Gasteiger partial charge in [0.25, 0.3) is 0 Å². The van der Waals surface area contributed by atoms with Crippen molar-refractivity contribution in [2.45, 2.75) is 38.3 Å². The largest absolute Gasteiger partial charge is 0.258 e. The lowest BCUT2D eigenvalue weighted by Crippen LogP contribution is -2.12. The smallest absolute Gasteiger partial charge is 0.187 e. The number of aromatic nitrogens is 2. The van der Waals surface area contributed by atoms with E-state index in [1.807, 2.05) is 18.5 Å². The van der Waals surface area contributed by atoms with Gasteiger partial charge in [0.1, 0.15) is 0 Å². The fourth-order valence-electron chi connectivity index (χ4n) is 1.90. The summed E-state index contributed by atoms with van der Waals surface area (Å²) in [7, 11) is 0. The molecule has 4 heteroatoms. The molecule has 0 atom stereocenters. The normalized spacial score (nSPS) is 11.8. The Morgan fingerprint density at radius 3 is 2.60 bits per heavy atom. The molecule has 0 spiro atoms. The molecule has 3 nitrogen and oxygen atoms in total. The van der Waals surface area contributed by atoms with Crippen LogP contribution in [0.1, 0.15) is 33.1 Å². The lowest BCUT2D eigenvalue weighted by Gasteiger charge is -2.23. The first-order chi connectivity index (χ1) is 9.46. The van der Waals surface area contributed by atoms with Crippen molar-refractivity contribution in [3.63, 3.8) is 0 Å². The van der Waals surface area contributed by atoms with E-state index in [2.05, 4.69) is 42.0 Å². The van der Waals surface area contributed by atoms with Gasteiger partial charge in [-0.2, -0.15) is 0 Å². The molecule has 1 aromatic rings. The van der Waals surface area contributed by atoms with Crippen molar-refractivity contribution in [2.75, 3.05) is 6.26 Å². The van der Waals surface area contributed by atoms with Crippen LogP contribution in [0.4, 0.5) is 5.69 Å². The highest BCUT2D eigenvalue weighted by Gasteiger charge is 2.17. The van der Waals surface area contributed by atoms with Gasteiger partial charge in [0.2, 0.25) is 0 Å². The molecule has 0 radical (unpaired) electrons. The van der Waals surface area contributed by atoms with E-state index in [4.69, 9.17) is 0 Å². The maximum absolute atomic E-state index is 4.41. The number of aliphatic imine (C=N–C) groups is 1. The molecule has 0 aromatic carbocycles. The van der Waals surface area contributed by atoms with Crippen molar-refractivity contribution < 1.29 is 0 Å². The number of nitrogens with zero attached hydrogens (tertiary/aromatic N) is 3. The predicted octanol–water partition coefficient (Wildman–Crippen LogP) is 4.84. The van der Waals surface area contributed by atoms with Crippen molar-refractivity contribution in [1.29, 1.82) is 0 Å². The molecule has 0 fully saturated rings. The highest BCUT2D eigenvalue weighted by atomic mass is 32.2. The van der Waals surface area contributed by atoms with Gasteiger partial charge in [-0.25, -0.2) is 9.97 Å². The third-order valence-corrected chi connectivity index (χ3v) is 3.42. The minimum absolute atomic E-state index is 0.156. The Hall–Kier alpha value is -1.42. The van der Waals surface area contributed by atoms with Crippen LogP contribution in [0.5, 0.6) is 0 Å². The lowest BCUT2D eigenvalue weighted by molar-refractivity contribution is 0.380. The second-order valence-corrected chi connectivity index (χ2v) is 6.30. The molecule has 0 N–H and O–H groups in total. The van der Waals surface area contributed by atoms with Crippen LogP contribution >= 0.6 is 11.8 Å². The Bertz CT molecular complexity index is 475. The van der Waals surface area contributed by atoms with Crippen LogP contribution in [0.15, 0.2) is 47.3 Å². The van der Waals surface area contributed by atoms with Crippen LogP contribution in [0, 0.1) is 5.41 Å². The summed E-state index contributed by atoms with van der Waals surface area (Å²) in [6, 6.07) is 0. The van der Waals surface area contributed by atoms with E-state index in [0.29, 0.717) is 0 Å². The molecule has 1 heterocycles. The monoisotopic (exact) mass is 289 g/mol. The summed E-state index contributed by atoms with van der Waals surface area (Å²) >= 11 is 1.53. The molecule has 108 valence electrons. The summed E-state index contributed by atoms with van der Waals surface area (Å²) in [6.07, 6.45) is 12.1. The van der Waals surface area contributed by atoms with E-state index in [1.54, 1.807) is 12.4 Å². The van der Waals surface area contributed by atoms with Gasteiger partial charge in [-0.3, -0.25) is 4.99 Å². The number of hydrogen-bond acceptors (Lipinski definition) is 4. The van der Waals surface area contributed by atoms with Gasteiger partial charge in [0, 0.05) is 6.21 Å². The maximum atomic E-state index is 4.41. The van der Waals surface area contributed by atoms with Crippen molar-refractivity contribution in [3.8, 4) is 0 Å². The van der Waals surface area contributed by atoms with E-state index in [9.17, 15) is 0 Å². The molecule has 0 amide bonds. The third kappa shape index (κ3) is 6.15. The van der Waals surface area contributed by atoms with Gasteiger partial charge in [-0.15, -0.1) is 6.58 Å². The fraction of sp³-hybridized carbons (Fsp3) is 0.438. The van der Waals surface area contributed by atoms with Crippen molar-refractivity contribution in [3.05, 3.63) is 37.2 Å². The average Bonchev–Trinajstić information content (AvgIpc) is 2.39. The maximum Gasteiger partial charge on any atom is 0.187 e. The topological polar surface area (TPSA) is 38.1 Å². The first-order valence-electron chi connectivity index (χ1n) is 6.63. The zero-order chi connectivity index (χ0) is 15.0. The van der Waals surface area contributed by atoms with E-state index >= 15 is 0 Å². The van der Waals surface area contributed by atoms with Gasteiger partial charge in [0.15, 0.2) is 5.16 Å².